The van der Waals surface area contributed by atoms with Crippen LogP contribution in [0.25, 0.3) is 0 Å². The first-order chi connectivity index (χ1) is 11.7. The number of nitrogens with two attached hydrogens (primary N) is 1. The minimum atomic E-state index is -4.28. The van der Waals surface area contributed by atoms with E-state index in [1.54, 1.807) is 36.0 Å². The van der Waals surface area contributed by atoms with Gasteiger partial charge < -0.3 is 5.73 Å². The van der Waals surface area contributed by atoms with E-state index in [-0.39, 0.29) is 10.6 Å². The molecule has 4 N–H and O–H groups in total. The quantitative estimate of drug-likeness (QED) is 0.676. The van der Waals surface area contributed by atoms with Crippen LogP contribution in [0.1, 0.15) is 10.4 Å². The fourth-order valence-corrected chi connectivity index (χ4v) is 3.37. The molecule has 8 nitrogen and oxygen atoms in total. The number of rotatable bonds is 5. The summed E-state index contributed by atoms with van der Waals surface area (Å²) in [6.07, 6.45) is 0. The van der Waals surface area contributed by atoms with Gasteiger partial charge >= 0.3 is 6.03 Å². The van der Waals surface area contributed by atoms with Crippen LogP contribution in [-0.4, -0.2) is 27.4 Å². The first kappa shape index (κ1) is 18.6. The summed E-state index contributed by atoms with van der Waals surface area (Å²) in [5.74, 6) is -0.557. The predicted octanol–water partition coefficient (Wildman–Crippen LogP) is 1.48. The molecule has 0 heterocycles. The van der Waals surface area contributed by atoms with Crippen molar-refractivity contribution in [1.82, 2.24) is 10.1 Å². The van der Waals surface area contributed by atoms with Gasteiger partial charge in [0.05, 0.1) is 10.7 Å². The molecule has 0 fully saturated rings. The van der Waals surface area contributed by atoms with Gasteiger partial charge in [0, 0.05) is 12.6 Å². The maximum absolute atomic E-state index is 12.3. The Kier molecular flexibility index (Phi) is 5.50. The van der Waals surface area contributed by atoms with Gasteiger partial charge in [0.2, 0.25) is 0 Å². The van der Waals surface area contributed by atoms with E-state index in [0.29, 0.717) is 0 Å². The minimum Gasteiger partial charge on any atom is -0.351 e. The lowest BCUT2D eigenvalue weighted by Gasteiger charge is -2.20. The van der Waals surface area contributed by atoms with Crippen LogP contribution in [0, 0.1) is 0 Å². The van der Waals surface area contributed by atoms with E-state index in [4.69, 9.17) is 17.3 Å². The number of nitrogens with zero attached hydrogens (tertiary/aromatic N) is 1. The second-order valence-electron chi connectivity index (χ2n) is 4.95. The van der Waals surface area contributed by atoms with Crippen LogP contribution in [0.4, 0.5) is 10.5 Å². The van der Waals surface area contributed by atoms with Gasteiger partial charge in [0.25, 0.3) is 15.9 Å². The standard InChI is InChI=1S/C15H15ClN4O4S/c1-20(11-5-3-2-4-6-11)18-14(21)10-7-8-12(16)13(9-10)25(23,24)19-15(17)22/h2-9H,1H3,(H,18,21)(H3,17,19,22). The van der Waals surface area contributed by atoms with Crippen LogP contribution in [0.5, 0.6) is 0 Å². The fraction of sp³-hybridized carbons (Fsp3) is 0.0667. The molecule has 2 rings (SSSR count). The summed E-state index contributed by atoms with van der Waals surface area (Å²) >= 11 is 5.86. The maximum atomic E-state index is 12.3. The van der Waals surface area contributed by atoms with E-state index in [1.165, 1.54) is 17.1 Å². The average molecular weight is 383 g/mol. The van der Waals surface area contributed by atoms with Gasteiger partial charge in [0.1, 0.15) is 4.90 Å². The molecule has 2 aromatic rings. The topological polar surface area (TPSA) is 122 Å². The molecule has 132 valence electrons. The summed E-state index contributed by atoms with van der Waals surface area (Å²) in [5.41, 5.74) is 8.20. The largest absolute Gasteiger partial charge is 0.351 e. The Morgan fingerprint density at radius 2 is 1.76 bits per heavy atom. The smallest absolute Gasteiger partial charge is 0.326 e. The Morgan fingerprint density at radius 1 is 1.12 bits per heavy atom. The molecular weight excluding hydrogens is 368 g/mol. The number of hydrogen-bond donors (Lipinski definition) is 3. The molecule has 0 aromatic heterocycles. The van der Waals surface area contributed by atoms with Gasteiger partial charge in [-0.1, -0.05) is 29.8 Å². The third-order valence-corrected chi connectivity index (χ3v) is 4.96. The lowest BCUT2D eigenvalue weighted by molar-refractivity contribution is 0.0951. The monoisotopic (exact) mass is 382 g/mol. The van der Waals surface area contributed by atoms with Crippen LogP contribution in [0.2, 0.25) is 5.02 Å². The minimum absolute atomic E-state index is 0.0389. The Balaban J connectivity index is 2.27. The molecule has 2 aromatic carbocycles. The molecule has 0 radical (unpaired) electrons. The second kappa shape index (κ2) is 7.41. The lowest BCUT2D eigenvalue weighted by atomic mass is 10.2. The van der Waals surface area contributed by atoms with Crippen molar-refractivity contribution < 1.29 is 18.0 Å². The van der Waals surface area contributed by atoms with Gasteiger partial charge in [-0.05, 0) is 30.3 Å². The summed E-state index contributed by atoms with van der Waals surface area (Å²) < 4.78 is 25.7. The molecule has 3 amide bonds. The molecule has 0 aliphatic heterocycles. The Morgan fingerprint density at radius 3 is 2.36 bits per heavy atom. The van der Waals surface area contributed by atoms with Crippen molar-refractivity contribution in [2.45, 2.75) is 4.90 Å². The zero-order valence-electron chi connectivity index (χ0n) is 13.1. The molecule has 0 bridgehead atoms. The Labute approximate surface area is 149 Å². The number of benzene rings is 2. The molecule has 25 heavy (non-hydrogen) atoms. The highest BCUT2D eigenvalue weighted by atomic mass is 35.5. The molecule has 0 saturated carbocycles. The van der Waals surface area contributed by atoms with Gasteiger partial charge in [-0.25, -0.2) is 17.9 Å². The summed E-state index contributed by atoms with van der Waals surface area (Å²) in [6, 6.07) is 11.4. The number of sulfonamides is 1. The number of amides is 3. The number of carbonyl (C=O) groups excluding carboxylic acids is 2. The number of urea groups is 1. The molecule has 0 saturated heterocycles. The molecule has 0 aliphatic carbocycles. The molecule has 10 heteroatoms. The normalized spacial score (nSPS) is 10.8. The predicted molar refractivity (Wildman–Crippen MR) is 93.7 cm³/mol. The van der Waals surface area contributed by atoms with E-state index in [2.05, 4.69) is 5.43 Å². The maximum Gasteiger partial charge on any atom is 0.326 e. The summed E-state index contributed by atoms with van der Waals surface area (Å²) in [6.45, 7) is 0. The van der Waals surface area contributed by atoms with E-state index in [1.807, 2.05) is 6.07 Å². The van der Waals surface area contributed by atoms with E-state index >= 15 is 0 Å². The fourth-order valence-electron chi connectivity index (χ4n) is 1.97. The van der Waals surface area contributed by atoms with Crippen molar-refractivity contribution in [1.29, 1.82) is 0 Å². The van der Waals surface area contributed by atoms with Gasteiger partial charge in [-0.3, -0.25) is 15.2 Å². The van der Waals surface area contributed by atoms with E-state index < -0.39 is 26.9 Å². The number of nitrogens with one attached hydrogen (secondary N) is 2. The van der Waals surface area contributed by atoms with Crippen molar-refractivity contribution in [3.63, 3.8) is 0 Å². The first-order valence-corrected chi connectivity index (χ1v) is 8.78. The Bertz CT molecular complexity index is 903. The second-order valence-corrected chi connectivity index (χ2v) is 7.01. The molecule has 0 aliphatic rings. The number of hydrogen-bond acceptors (Lipinski definition) is 5. The van der Waals surface area contributed by atoms with Gasteiger partial charge in [-0.15, -0.1) is 0 Å². The van der Waals surface area contributed by atoms with Crippen molar-refractivity contribution in [2.24, 2.45) is 5.73 Å². The highest BCUT2D eigenvalue weighted by Gasteiger charge is 2.22. The SMILES string of the molecule is CN(NC(=O)c1ccc(Cl)c(S(=O)(=O)NC(N)=O)c1)c1ccccc1. The third-order valence-electron chi connectivity index (χ3n) is 3.13. The van der Waals surface area contributed by atoms with Crippen LogP contribution in [0.15, 0.2) is 53.4 Å². The highest BCUT2D eigenvalue weighted by Crippen LogP contribution is 2.22. The van der Waals surface area contributed by atoms with Crippen LogP contribution in [-0.2, 0) is 10.0 Å². The molecule has 0 spiro atoms. The molecule has 0 atom stereocenters. The molecular formula is C15H15ClN4O4S. The number of hydrazine groups is 1. The zero-order valence-corrected chi connectivity index (χ0v) is 14.6. The third kappa shape index (κ3) is 4.61. The van der Waals surface area contributed by atoms with Crippen LogP contribution < -0.4 is 20.9 Å². The van der Waals surface area contributed by atoms with Gasteiger partial charge in [0.15, 0.2) is 0 Å². The number of halogens is 1. The molecule has 0 unspecified atom stereocenters. The average Bonchev–Trinajstić information content (AvgIpc) is 2.54. The lowest BCUT2D eigenvalue weighted by Crippen LogP contribution is -2.39. The van der Waals surface area contributed by atoms with Crippen molar-refractivity contribution in [2.75, 3.05) is 12.1 Å². The van der Waals surface area contributed by atoms with Crippen LogP contribution in [0.3, 0.4) is 0 Å². The van der Waals surface area contributed by atoms with Crippen molar-refractivity contribution in [3.8, 4) is 0 Å². The van der Waals surface area contributed by atoms with Crippen molar-refractivity contribution in [3.05, 3.63) is 59.1 Å². The van der Waals surface area contributed by atoms with E-state index in [0.717, 1.165) is 11.8 Å². The summed E-state index contributed by atoms with van der Waals surface area (Å²) in [5, 5.41) is 1.33. The van der Waals surface area contributed by atoms with Crippen molar-refractivity contribution >= 4 is 39.2 Å². The zero-order chi connectivity index (χ0) is 18.6. The number of anilines is 1. The summed E-state index contributed by atoms with van der Waals surface area (Å²) in [4.78, 5) is 22.7. The Hall–Kier alpha value is -2.78. The number of carbonyl (C=O) groups is 2. The number of para-hydroxylation sites is 1. The van der Waals surface area contributed by atoms with E-state index in [9.17, 15) is 18.0 Å². The van der Waals surface area contributed by atoms with Crippen LogP contribution >= 0.6 is 11.6 Å². The number of primary amides is 1. The summed E-state index contributed by atoms with van der Waals surface area (Å²) in [7, 11) is -2.64. The first-order valence-electron chi connectivity index (χ1n) is 6.92. The highest BCUT2D eigenvalue weighted by molar-refractivity contribution is 7.90. The van der Waals surface area contributed by atoms with Gasteiger partial charge in [-0.2, -0.15) is 0 Å².